The lowest BCUT2D eigenvalue weighted by Crippen LogP contribution is -2.41. The normalized spacial score (nSPS) is 10.9. The molecule has 0 atom stereocenters. The van der Waals surface area contributed by atoms with Crippen LogP contribution < -0.4 is 16.6 Å². The van der Waals surface area contributed by atoms with E-state index in [2.05, 4.69) is 20.6 Å². The van der Waals surface area contributed by atoms with E-state index in [0.717, 1.165) is 26.9 Å². The molecule has 1 amide bonds. The number of nitrogens with one attached hydrogen (secondary N) is 1. The van der Waals surface area contributed by atoms with Crippen molar-refractivity contribution in [2.75, 3.05) is 0 Å². The van der Waals surface area contributed by atoms with Crippen molar-refractivity contribution < 1.29 is 13.7 Å². The average molecular weight is 471 g/mol. The average Bonchev–Trinajstić information content (AvgIpc) is 3.29. The molecule has 2 aromatic carbocycles. The smallest absolute Gasteiger partial charge is 0.344 e. The molecule has 0 aliphatic carbocycles. The van der Waals surface area contributed by atoms with Gasteiger partial charge >= 0.3 is 17.5 Å². The monoisotopic (exact) mass is 470 g/mol. The highest BCUT2D eigenvalue weighted by atomic mass is 35.5. The summed E-state index contributed by atoms with van der Waals surface area (Å²) in [5.74, 6) is -1.83. The van der Waals surface area contributed by atoms with Gasteiger partial charge in [-0.2, -0.15) is 14.8 Å². The van der Waals surface area contributed by atoms with Gasteiger partial charge in [-0.15, -0.1) is 0 Å². The summed E-state index contributed by atoms with van der Waals surface area (Å²) in [5.41, 5.74) is -0.797. The van der Waals surface area contributed by atoms with Gasteiger partial charge in [0.2, 0.25) is 5.82 Å². The first-order chi connectivity index (χ1) is 15.9. The molecule has 168 valence electrons. The number of nitrogens with zero attached hydrogens (tertiary/aromatic N) is 5. The van der Waals surface area contributed by atoms with Gasteiger partial charge in [-0.3, -0.25) is 14.2 Å². The first-order valence-electron chi connectivity index (χ1n) is 9.74. The maximum absolute atomic E-state index is 13.3. The number of hydrogen-bond acceptors (Lipinski definition) is 7. The third kappa shape index (κ3) is 4.58. The molecule has 10 nitrogen and oxygen atoms in total. The molecule has 12 heteroatoms. The van der Waals surface area contributed by atoms with Crippen LogP contribution >= 0.6 is 11.6 Å². The van der Waals surface area contributed by atoms with Crippen molar-refractivity contribution in [1.82, 2.24) is 29.8 Å². The van der Waals surface area contributed by atoms with Gasteiger partial charge in [-0.1, -0.05) is 28.9 Å². The first-order valence-corrected chi connectivity index (χ1v) is 10.1. The number of amides is 1. The van der Waals surface area contributed by atoms with Gasteiger partial charge in [0.1, 0.15) is 5.82 Å². The maximum Gasteiger partial charge on any atom is 0.352 e. The number of hydrogen-bond donors (Lipinski definition) is 1. The molecule has 0 aliphatic rings. The van der Waals surface area contributed by atoms with E-state index >= 15 is 0 Å². The van der Waals surface area contributed by atoms with Crippen molar-refractivity contribution in [2.45, 2.75) is 20.0 Å². The largest absolute Gasteiger partial charge is 0.352 e. The Labute approximate surface area is 190 Å². The zero-order valence-electron chi connectivity index (χ0n) is 17.2. The van der Waals surface area contributed by atoms with E-state index in [1.165, 1.54) is 12.1 Å². The van der Waals surface area contributed by atoms with Crippen LogP contribution in [0.25, 0.3) is 17.2 Å². The quantitative estimate of drug-likeness (QED) is 0.458. The number of aromatic nitrogens is 5. The van der Waals surface area contributed by atoms with Crippen LogP contribution in [0.3, 0.4) is 0 Å². The summed E-state index contributed by atoms with van der Waals surface area (Å²) >= 11 is 5.93. The SMILES string of the molecule is CCn1c(=O)c(-c2noc(C(=O)NCc3cccc(Cl)c3)n2)nn(-c2ccc(F)cc2)c1=O. The lowest BCUT2D eigenvalue weighted by Gasteiger charge is -2.09. The zero-order valence-corrected chi connectivity index (χ0v) is 17.9. The molecule has 0 aliphatic heterocycles. The van der Waals surface area contributed by atoms with Crippen LogP contribution in [-0.4, -0.2) is 30.4 Å². The molecular weight excluding hydrogens is 455 g/mol. The van der Waals surface area contributed by atoms with Crippen LogP contribution in [0.15, 0.2) is 62.6 Å². The van der Waals surface area contributed by atoms with E-state index in [1.54, 1.807) is 31.2 Å². The standard InChI is InChI=1S/C21H16ClFN6O4/c1-2-28-20(31)16(26-29(21(28)32)15-8-6-14(23)7-9-15)17-25-19(33-27-17)18(30)24-11-12-4-3-5-13(22)10-12/h3-10H,2,11H2,1H3,(H,24,30). The van der Waals surface area contributed by atoms with Gasteiger partial charge < -0.3 is 9.84 Å². The molecule has 0 radical (unpaired) electrons. The Hall–Kier alpha value is -4.12. The molecule has 4 aromatic rings. The fourth-order valence-corrected chi connectivity index (χ4v) is 3.21. The third-order valence-electron chi connectivity index (χ3n) is 4.62. The Kier molecular flexibility index (Phi) is 6.13. The molecule has 33 heavy (non-hydrogen) atoms. The number of rotatable bonds is 6. The second-order valence-corrected chi connectivity index (χ2v) is 7.24. The van der Waals surface area contributed by atoms with Crippen LogP contribution in [0.4, 0.5) is 4.39 Å². The molecule has 0 bridgehead atoms. The number of benzene rings is 2. The van der Waals surface area contributed by atoms with Crippen LogP contribution in [0.5, 0.6) is 0 Å². The molecule has 4 rings (SSSR count). The van der Waals surface area contributed by atoms with Crippen LogP contribution in [0, 0.1) is 5.82 Å². The summed E-state index contributed by atoms with van der Waals surface area (Å²) in [5, 5.41) is 10.8. The zero-order chi connectivity index (χ0) is 23.5. The van der Waals surface area contributed by atoms with Gasteiger partial charge in [-0.25, -0.2) is 9.18 Å². The van der Waals surface area contributed by atoms with Crippen molar-refractivity contribution in [3.63, 3.8) is 0 Å². The summed E-state index contributed by atoms with van der Waals surface area (Å²) in [7, 11) is 0. The molecule has 0 saturated heterocycles. The van der Waals surface area contributed by atoms with E-state index in [-0.39, 0.29) is 30.3 Å². The molecule has 2 heterocycles. The Balaban J connectivity index is 1.66. The second kappa shape index (κ2) is 9.17. The van der Waals surface area contributed by atoms with Crippen molar-refractivity contribution in [2.24, 2.45) is 0 Å². The molecular formula is C21H16ClFN6O4. The van der Waals surface area contributed by atoms with E-state index in [9.17, 15) is 18.8 Å². The van der Waals surface area contributed by atoms with Crippen molar-refractivity contribution in [3.8, 4) is 17.2 Å². The van der Waals surface area contributed by atoms with Gasteiger partial charge in [0, 0.05) is 18.1 Å². The van der Waals surface area contributed by atoms with E-state index < -0.39 is 28.9 Å². The summed E-state index contributed by atoms with van der Waals surface area (Å²) in [6.45, 7) is 1.80. The fourth-order valence-electron chi connectivity index (χ4n) is 3.00. The highest BCUT2D eigenvalue weighted by Crippen LogP contribution is 2.12. The summed E-state index contributed by atoms with van der Waals surface area (Å²) in [6, 6.07) is 11.9. The van der Waals surface area contributed by atoms with Crippen LogP contribution in [-0.2, 0) is 13.1 Å². The summed E-state index contributed by atoms with van der Waals surface area (Å²) in [6.07, 6.45) is 0. The lowest BCUT2D eigenvalue weighted by molar-refractivity contribution is 0.0907. The fraction of sp³-hybridized carbons (Fsp3) is 0.143. The molecule has 0 spiro atoms. The third-order valence-corrected chi connectivity index (χ3v) is 4.86. The minimum Gasteiger partial charge on any atom is -0.344 e. The van der Waals surface area contributed by atoms with Crippen molar-refractivity contribution in [1.29, 1.82) is 0 Å². The number of carbonyl (C=O) groups excluding carboxylic acids is 1. The van der Waals surface area contributed by atoms with E-state index in [4.69, 9.17) is 16.1 Å². The Bertz CT molecular complexity index is 1440. The van der Waals surface area contributed by atoms with Crippen molar-refractivity contribution >= 4 is 17.5 Å². The predicted octanol–water partition coefficient (Wildman–Crippen LogP) is 2.19. The first kappa shape index (κ1) is 22.1. The lowest BCUT2D eigenvalue weighted by atomic mass is 10.2. The van der Waals surface area contributed by atoms with E-state index in [0.29, 0.717) is 5.02 Å². The number of halogens is 2. The minimum atomic E-state index is -0.757. The highest BCUT2D eigenvalue weighted by molar-refractivity contribution is 6.30. The predicted molar refractivity (Wildman–Crippen MR) is 116 cm³/mol. The molecule has 0 fully saturated rings. The number of carbonyl (C=O) groups is 1. The Morgan fingerprint density at radius 2 is 1.94 bits per heavy atom. The van der Waals surface area contributed by atoms with Crippen LogP contribution in [0.2, 0.25) is 5.02 Å². The minimum absolute atomic E-state index is 0.0409. The highest BCUT2D eigenvalue weighted by Gasteiger charge is 2.22. The van der Waals surface area contributed by atoms with Gasteiger partial charge in [-0.05, 0) is 48.9 Å². The van der Waals surface area contributed by atoms with Gasteiger partial charge in [0.15, 0.2) is 5.69 Å². The molecule has 0 saturated carbocycles. The van der Waals surface area contributed by atoms with Crippen molar-refractivity contribution in [3.05, 3.63) is 91.7 Å². The second-order valence-electron chi connectivity index (χ2n) is 6.80. The molecule has 2 aromatic heterocycles. The van der Waals surface area contributed by atoms with Gasteiger partial charge in [0.25, 0.3) is 5.56 Å². The Morgan fingerprint density at radius 3 is 2.64 bits per heavy atom. The summed E-state index contributed by atoms with van der Waals surface area (Å²) in [4.78, 5) is 41.8. The van der Waals surface area contributed by atoms with Gasteiger partial charge in [0.05, 0.1) is 5.69 Å². The van der Waals surface area contributed by atoms with E-state index in [1.807, 2.05) is 0 Å². The maximum atomic E-state index is 13.3. The molecule has 0 unspecified atom stereocenters. The summed E-state index contributed by atoms with van der Waals surface area (Å²) < 4.78 is 20.1. The topological polar surface area (TPSA) is 125 Å². The Morgan fingerprint density at radius 1 is 1.18 bits per heavy atom. The molecule has 1 N–H and O–H groups in total. The van der Waals surface area contributed by atoms with Crippen LogP contribution in [0.1, 0.15) is 23.2 Å².